The number of aryl methyl sites for hydroxylation is 2. The van der Waals surface area contributed by atoms with Crippen LogP contribution in [0.2, 0.25) is 0 Å². The van der Waals surface area contributed by atoms with Gasteiger partial charge in [0.25, 0.3) is 0 Å². The molecule has 0 spiro atoms. The highest BCUT2D eigenvalue weighted by Crippen LogP contribution is 2.28. The lowest BCUT2D eigenvalue weighted by atomic mass is 10.1. The van der Waals surface area contributed by atoms with Gasteiger partial charge in [-0.25, -0.2) is 0 Å². The molecule has 0 saturated heterocycles. The summed E-state index contributed by atoms with van der Waals surface area (Å²) in [5.74, 6) is 1.84. The van der Waals surface area contributed by atoms with Gasteiger partial charge in [0.1, 0.15) is 11.5 Å². The molecule has 0 radical (unpaired) electrons. The van der Waals surface area contributed by atoms with Crippen molar-refractivity contribution >= 4 is 0 Å². The Morgan fingerprint density at radius 1 is 1.05 bits per heavy atom. The Morgan fingerprint density at radius 3 is 2.60 bits per heavy atom. The van der Waals surface area contributed by atoms with Gasteiger partial charge in [-0.05, 0) is 67.8 Å². The molecule has 0 fully saturated rings. The van der Waals surface area contributed by atoms with Crippen LogP contribution in [0, 0.1) is 20.8 Å². The van der Waals surface area contributed by atoms with Crippen molar-refractivity contribution in [3.63, 3.8) is 0 Å². The number of ether oxygens (including phenoxy) is 1. The van der Waals surface area contributed by atoms with Gasteiger partial charge in [0.05, 0.1) is 0 Å². The number of hydrogen-bond acceptors (Lipinski definition) is 2. The SMILES string of the molecule is CCNCc1cccc(Oc2cc(C)cc(C)c2C)c1. The molecule has 0 saturated carbocycles. The average Bonchev–Trinajstić information content (AvgIpc) is 2.42. The van der Waals surface area contributed by atoms with Crippen LogP contribution < -0.4 is 10.1 Å². The summed E-state index contributed by atoms with van der Waals surface area (Å²) < 4.78 is 6.06. The predicted octanol–water partition coefficient (Wildman–Crippen LogP) is 4.51. The highest BCUT2D eigenvalue weighted by molar-refractivity contribution is 5.44. The van der Waals surface area contributed by atoms with Crippen molar-refractivity contribution in [2.75, 3.05) is 6.54 Å². The fourth-order valence-electron chi connectivity index (χ4n) is 2.22. The van der Waals surface area contributed by atoms with Crippen LogP contribution >= 0.6 is 0 Å². The maximum atomic E-state index is 6.06. The van der Waals surface area contributed by atoms with Crippen LogP contribution in [0.3, 0.4) is 0 Å². The molecule has 0 heterocycles. The molecule has 0 aliphatic rings. The van der Waals surface area contributed by atoms with E-state index in [4.69, 9.17) is 4.74 Å². The van der Waals surface area contributed by atoms with Crippen molar-refractivity contribution in [1.82, 2.24) is 5.32 Å². The van der Waals surface area contributed by atoms with Crippen LogP contribution in [0.25, 0.3) is 0 Å². The van der Waals surface area contributed by atoms with Gasteiger partial charge in [0.15, 0.2) is 0 Å². The smallest absolute Gasteiger partial charge is 0.130 e. The zero-order valence-electron chi connectivity index (χ0n) is 12.8. The molecule has 0 amide bonds. The van der Waals surface area contributed by atoms with E-state index < -0.39 is 0 Å². The fraction of sp³-hybridized carbons (Fsp3) is 0.333. The van der Waals surface area contributed by atoms with Crippen LogP contribution in [0.4, 0.5) is 0 Å². The molecule has 20 heavy (non-hydrogen) atoms. The number of hydrogen-bond donors (Lipinski definition) is 1. The lowest BCUT2D eigenvalue weighted by Crippen LogP contribution is -2.11. The van der Waals surface area contributed by atoms with Gasteiger partial charge >= 0.3 is 0 Å². The van der Waals surface area contributed by atoms with Crippen molar-refractivity contribution in [1.29, 1.82) is 0 Å². The Balaban J connectivity index is 2.21. The Bertz CT molecular complexity index is 590. The van der Waals surface area contributed by atoms with E-state index in [2.05, 4.69) is 57.3 Å². The molecule has 0 aliphatic carbocycles. The van der Waals surface area contributed by atoms with Crippen molar-refractivity contribution in [2.45, 2.75) is 34.2 Å². The van der Waals surface area contributed by atoms with E-state index in [1.807, 2.05) is 12.1 Å². The topological polar surface area (TPSA) is 21.3 Å². The molecule has 1 N–H and O–H groups in total. The van der Waals surface area contributed by atoms with E-state index in [1.165, 1.54) is 22.3 Å². The first-order chi connectivity index (χ1) is 9.60. The molecule has 0 atom stereocenters. The standard InChI is InChI=1S/C18H23NO/c1-5-19-12-16-7-6-8-17(11-16)20-18-10-13(2)9-14(3)15(18)4/h6-11,19H,5,12H2,1-4H3. The molecule has 0 aromatic heterocycles. The van der Waals surface area contributed by atoms with Gasteiger partial charge < -0.3 is 10.1 Å². The second-order valence-electron chi connectivity index (χ2n) is 5.23. The minimum Gasteiger partial charge on any atom is -0.457 e. The van der Waals surface area contributed by atoms with Gasteiger partial charge in [0.2, 0.25) is 0 Å². The van der Waals surface area contributed by atoms with E-state index in [9.17, 15) is 0 Å². The van der Waals surface area contributed by atoms with Crippen LogP contribution in [0.1, 0.15) is 29.2 Å². The first kappa shape index (κ1) is 14.6. The molecule has 2 nitrogen and oxygen atoms in total. The van der Waals surface area contributed by atoms with E-state index in [0.29, 0.717) is 0 Å². The highest BCUT2D eigenvalue weighted by atomic mass is 16.5. The van der Waals surface area contributed by atoms with Crippen molar-refractivity contribution in [2.24, 2.45) is 0 Å². The summed E-state index contributed by atoms with van der Waals surface area (Å²) in [6.45, 7) is 10.3. The highest BCUT2D eigenvalue weighted by Gasteiger charge is 2.06. The summed E-state index contributed by atoms with van der Waals surface area (Å²) in [6, 6.07) is 12.5. The molecule has 106 valence electrons. The zero-order chi connectivity index (χ0) is 14.5. The molecule has 2 aromatic rings. The normalized spacial score (nSPS) is 10.6. The summed E-state index contributed by atoms with van der Waals surface area (Å²) in [7, 11) is 0. The van der Waals surface area contributed by atoms with Gasteiger partial charge in [-0.15, -0.1) is 0 Å². The quantitative estimate of drug-likeness (QED) is 0.862. The van der Waals surface area contributed by atoms with Gasteiger partial charge in [-0.2, -0.15) is 0 Å². The molecule has 0 unspecified atom stereocenters. The Labute approximate surface area is 121 Å². The van der Waals surface area contributed by atoms with E-state index in [1.54, 1.807) is 0 Å². The Morgan fingerprint density at radius 2 is 1.85 bits per heavy atom. The largest absolute Gasteiger partial charge is 0.457 e. The zero-order valence-corrected chi connectivity index (χ0v) is 12.8. The van der Waals surface area contributed by atoms with E-state index in [0.717, 1.165) is 24.6 Å². The molecular weight excluding hydrogens is 246 g/mol. The summed E-state index contributed by atoms with van der Waals surface area (Å²) in [4.78, 5) is 0. The third-order valence-electron chi connectivity index (χ3n) is 3.47. The maximum absolute atomic E-state index is 6.06. The van der Waals surface area contributed by atoms with E-state index >= 15 is 0 Å². The van der Waals surface area contributed by atoms with Gasteiger partial charge in [-0.3, -0.25) is 0 Å². The lowest BCUT2D eigenvalue weighted by Gasteiger charge is -2.13. The van der Waals surface area contributed by atoms with Crippen molar-refractivity contribution in [3.8, 4) is 11.5 Å². The number of rotatable bonds is 5. The maximum Gasteiger partial charge on any atom is 0.130 e. The van der Waals surface area contributed by atoms with Crippen molar-refractivity contribution in [3.05, 3.63) is 58.7 Å². The monoisotopic (exact) mass is 269 g/mol. The molecule has 2 heteroatoms. The van der Waals surface area contributed by atoms with Crippen molar-refractivity contribution < 1.29 is 4.74 Å². The van der Waals surface area contributed by atoms with Crippen LogP contribution in [-0.4, -0.2) is 6.54 Å². The first-order valence-corrected chi connectivity index (χ1v) is 7.15. The van der Waals surface area contributed by atoms with E-state index in [-0.39, 0.29) is 0 Å². The fourth-order valence-corrected chi connectivity index (χ4v) is 2.22. The number of nitrogens with one attached hydrogen (secondary N) is 1. The predicted molar refractivity (Wildman–Crippen MR) is 84.5 cm³/mol. The Hall–Kier alpha value is -1.80. The summed E-state index contributed by atoms with van der Waals surface area (Å²) in [6.07, 6.45) is 0. The molecule has 0 aliphatic heterocycles. The Kier molecular flexibility index (Phi) is 4.80. The van der Waals surface area contributed by atoms with Gasteiger partial charge in [-0.1, -0.05) is 25.1 Å². The minimum atomic E-state index is 0.875. The second kappa shape index (κ2) is 6.58. The summed E-state index contributed by atoms with van der Waals surface area (Å²) in [5.41, 5.74) is 4.94. The third-order valence-corrected chi connectivity index (χ3v) is 3.47. The van der Waals surface area contributed by atoms with Gasteiger partial charge in [0, 0.05) is 6.54 Å². The van der Waals surface area contributed by atoms with Crippen LogP contribution in [0.15, 0.2) is 36.4 Å². The molecular formula is C18H23NO. The van der Waals surface area contributed by atoms with Crippen LogP contribution in [-0.2, 0) is 6.54 Å². The third kappa shape index (κ3) is 3.61. The summed E-state index contributed by atoms with van der Waals surface area (Å²) >= 11 is 0. The summed E-state index contributed by atoms with van der Waals surface area (Å²) in [5, 5.41) is 3.33. The van der Waals surface area contributed by atoms with Crippen LogP contribution in [0.5, 0.6) is 11.5 Å². The number of benzene rings is 2. The first-order valence-electron chi connectivity index (χ1n) is 7.15. The molecule has 2 rings (SSSR count). The average molecular weight is 269 g/mol. The molecule has 2 aromatic carbocycles. The minimum absolute atomic E-state index is 0.875. The molecule has 0 bridgehead atoms. The lowest BCUT2D eigenvalue weighted by molar-refractivity contribution is 0.477. The second-order valence-corrected chi connectivity index (χ2v) is 5.23.